The molecule has 1 rings (SSSR count). The van der Waals surface area contributed by atoms with Crippen molar-refractivity contribution in [1.82, 2.24) is 0 Å². The average molecular weight is 241 g/mol. The van der Waals surface area contributed by atoms with Gasteiger partial charge >= 0.3 is 0 Å². The van der Waals surface area contributed by atoms with Crippen LogP contribution in [-0.4, -0.2) is 12.4 Å². The summed E-state index contributed by atoms with van der Waals surface area (Å²) in [5.41, 5.74) is 2.48. The molecule has 0 saturated carbocycles. The molecule has 0 aliphatic rings. The molecule has 0 N–H and O–H groups in total. The number of halogens is 1. The van der Waals surface area contributed by atoms with Gasteiger partial charge in [-0.2, -0.15) is 0 Å². The monoisotopic (exact) mass is 240 g/mol. The van der Waals surface area contributed by atoms with E-state index in [1.54, 1.807) is 7.11 Å². The van der Waals surface area contributed by atoms with Crippen LogP contribution in [0, 0.1) is 0 Å². The fourth-order valence-electron chi connectivity index (χ4n) is 1.05. The minimum Gasteiger partial charge on any atom is -0.497 e. The van der Waals surface area contributed by atoms with E-state index in [-0.39, 0.29) is 0 Å². The van der Waals surface area contributed by atoms with Gasteiger partial charge < -0.3 is 4.74 Å². The lowest BCUT2D eigenvalue weighted by molar-refractivity contribution is 0.414. The molecule has 0 spiro atoms. The van der Waals surface area contributed by atoms with Gasteiger partial charge in [0.1, 0.15) is 5.75 Å². The normalized spacial score (nSPS) is 11.5. The van der Waals surface area contributed by atoms with Crippen molar-refractivity contribution >= 4 is 22.0 Å². The zero-order valence-electron chi connectivity index (χ0n) is 7.88. The van der Waals surface area contributed by atoms with Gasteiger partial charge in [-0.3, -0.25) is 0 Å². The van der Waals surface area contributed by atoms with E-state index >= 15 is 0 Å². The van der Waals surface area contributed by atoms with Crippen LogP contribution in [0.1, 0.15) is 12.5 Å². The molecule has 1 aromatic carbocycles. The van der Waals surface area contributed by atoms with E-state index in [9.17, 15) is 0 Å². The predicted octanol–water partition coefficient (Wildman–Crippen LogP) is 3.49. The van der Waals surface area contributed by atoms with Gasteiger partial charge in [-0.05, 0) is 24.6 Å². The maximum Gasteiger partial charge on any atom is 0.119 e. The summed E-state index contributed by atoms with van der Waals surface area (Å²) in [5, 5.41) is 0.907. The smallest absolute Gasteiger partial charge is 0.119 e. The first-order chi connectivity index (χ1) is 6.26. The number of alkyl halides is 1. The molecule has 0 fully saturated rings. The third-order valence-electron chi connectivity index (χ3n) is 1.72. The number of hydrogen-bond donors (Lipinski definition) is 0. The molecule has 0 unspecified atom stereocenters. The van der Waals surface area contributed by atoms with Crippen LogP contribution < -0.4 is 4.74 Å². The van der Waals surface area contributed by atoms with Gasteiger partial charge in [0.25, 0.3) is 0 Å². The van der Waals surface area contributed by atoms with E-state index in [0.29, 0.717) is 0 Å². The standard InChI is InChI=1S/C11H13BrO/c1-9(8-12)6-10-4-3-5-11(7-10)13-2/h3-7H,8H2,1-2H3. The summed E-state index contributed by atoms with van der Waals surface area (Å²) < 4.78 is 5.13. The summed E-state index contributed by atoms with van der Waals surface area (Å²) >= 11 is 3.41. The van der Waals surface area contributed by atoms with Crippen LogP contribution in [0.3, 0.4) is 0 Å². The van der Waals surface area contributed by atoms with Crippen LogP contribution in [0.15, 0.2) is 29.8 Å². The third-order valence-corrected chi connectivity index (χ3v) is 2.60. The highest BCUT2D eigenvalue weighted by atomic mass is 79.9. The maximum atomic E-state index is 5.13. The Morgan fingerprint density at radius 2 is 2.31 bits per heavy atom. The summed E-state index contributed by atoms with van der Waals surface area (Å²) in [4.78, 5) is 0. The van der Waals surface area contributed by atoms with Crippen LogP contribution in [0.4, 0.5) is 0 Å². The second-order valence-corrected chi connectivity index (χ2v) is 3.46. The minimum atomic E-state index is 0.899. The lowest BCUT2D eigenvalue weighted by atomic mass is 10.1. The highest BCUT2D eigenvalue weighted by molar-refractivity contribution is 9.09. The zero-order chi connectivity index (χ0) is 9.68. The molecule has 0 bridgehead atoms. The van der Waals surface area contributed by atoms with Crippen molar-refractivity contribution < 1.29 is 4.74 Å². The largest absolute Gasteiger partial charge is 0.497 e. The first-order valence-electron chi connectivity index (χ1n) is 4.13. The van der Waals surface area contributed by atoms with E-state index in [0.717, 1.165) is 11.1 Å². The van der Waals surface area contributed by atoms with E-state index in [4.69, 9.17) is 4.74 Å². The number of benzene rings is 1. The summed E-state index contributed by atoms with van der Waals surface area (Å²) in [6, 6.07) is 8.02. The van der Waals surface area contributed by atoms with Crippen LogP contribution in [0.25, 0.3) is 6.08 Å². The molecule has 13 heavy (non-hydrogen) atoms. The Morgan fingerprint density at radius 1 is 1.54 bits per heavy atom. The number of allylic oxidation sites excluding steroid dienone is 1. The van der Waals surface area contributed by atoms with Crippen molar-refractivity contribution in [3.63, 3.8) is 0 Å². The molecule has 0 saturated heterocycles. The average Bonchev–Trinajstić information content (AvgIpc) is 2.18. The van der Waals surface area contributed by atoms with Crippen molar-refractivity contribution in [2.24, 2.45) is 0 Å². The second-order valence-electron chi connectivity index (χ2n) is 2.90. The molecule has 70 valence electrons. The molecule has 1 aromatic rings. The highest BCUT2D eigenvalue weighted by Crippen LogP contribution is 2.15. The van der Waals surface area contributed by atoms with E-state index < -0.39 is 0 Å². The Bertz CT molecular complexity index is 305. The molecular formula is C11H13BrO. The lowest BCUT2D eigenvalue weighted by Crippen LogP contribution is -1.83. The summed E-state index contributed by atoms with van der Waals surface area (Å²) in [7, 11) is 1.68. The predicted molar refractivity (Wildman–Crippen MR) is 60.4 cm³/mol. The summed E-state index contributed by atoms with van der Waals surface area (Å²) in [5.74, 6) is 0.899. The topological polar surface area (TPSA) is 9.23 Å². The lowest BCUT2D eigenvalue weighted by Gasteiger charge is -2.01. The number of rotatable bonds is 3. The van der Waals surface area contributed by atoms with Gasteiger partial charge in [-0.1, -0.05) is 39.7 Å². The fourth-order valence-corrected chi connectivity index (χ4v) is 1.22. The van der Waals surface area contributed by atoms with Crippen molar-refractivity contribution in [3.05, 3.63) is 35.4 Å². The Kier molecular flexibility index (Phi) is 4.03. The third kappa shape index (κ3) is 3.23. The fraction of sp³-hybridized carbons (Fsp3) is 0.273. The molecule has 0 radical (unpaired) electrons. The quantitative estimate of drug-likeness (QED) is 0.736. The van der Waals surface area contributed by atoms with E-state index in [1.807, 2.05) is 18.2 Å². The number of ether oxygens (including phenoxy) is 1. The van der Waals surface area contributed by atoms with Gasteiger partial charge in [0.15, 0.2) is 0 Å². The zero-order valence-corrected chi connectivity index (χ0v) is 9.47. The van der Waals surface area contributed by atoms with Gasteiger partial charge in [-0.15, -0.1) is 0 Å². The molecule has 2 heteroatoms. The van der Waals surface area contributed by atoms with Crippen molar-refractivity contribution in [1.29, 1.82) is 0 Å². The van der Waals surface area contributed by atoms with Gasteiger partial charge in [0, 0.05) is 5.33 Å². The second kappa shape index (κ2) is 5.07. The Balaban J connectivity index is 2.89. The molecule has 0 aromatic heterocycles. The van der Waals surface area contributed by atoms with Crippen molar-refractivity contribution in [2.75, 3.05) is 12.4 Å². The maximum absolute atomic E-state index is 5.13. The molecule has 0 aliphatic carbocycles. The molecule has 0 amide bonds. The minimum absolute atomic E-state index is 0.899. The highest BCUT2D eigenvalue weighted by Gasteiger charge is 1.92. The molecular weight excluding hydrogens is 228 g/mol. The van der Waals surface area contributed by atoms with E-state index in [1.165, 1.54) is 11.1 Å². The molecule has 0 heterocycles. The van der Waals surface area contributed by atoms with Gasteiger partial charge in [0.2, 0.25) is 0 Å². The number of hydrogen-bond acceptors (Lipinski definition) is 1. The van der Waals surface area contributed by atoms with Crippen LogP contribution in [-0.2, 0) is 0 Å². The Labute approximate surface area is 87.5 Å². The molecule has 0 aliphatic heterocycles. The van der Waals surface area contributed by atoms with Crippen molar-refractivity contribution in [2.45, 2.75) is 6.92 Å². The summed E-state index contributed by atoms with van der Waals surface area (Å²) in [6.07, 6.45) is 2.14. The van der Waals surface area contributed by atoms with Gasteiger partial charge in [0.05, 0.1) is 7.11 Å². The van der Waals surface area contributed by atoms with Crippen LogP contribution in [0.2, 0.25) is 0 Å². The first kappa shape index (κ1) is 10.3. The van der Waals surface area contributed by atoms with Gasteiger partial charge in [-0.25, -0.2) is 0 Å². The Morgan fingerprint density at radius 3 is 2.92 bits per heavy atom. The van der Waals surface area contributed by atoms with E-state index in [2.05, 4.69) is 35.0 Å². The summed E-state index contributed by atoms with van der Waals surface area (Å²) in [6.45, 7) is 2.09. The van der Waals surface area contributed by atoms with Crippen LogP contribution in [0.5, 0.6) is 5.75 Å². The first-order valence-corrected chi connectivity index (χ1v) is 5.25. The molecule has 0 atom stereocenters. The van der Waals surface area contributed by atoms with Crippen LogP contribution >= 0.6 is 15.9 Å². The van der Waals surface area contributed by atoms with Crippen molar-refractivity contribution in [3.8, 4) is 5.75 Å². The Hall–Kier alpha value is -0.760. The number of methoxy groups -OCH3 is 1. The SMILES string of the molecule is COc1cccc(C=C(C)CBr)c1. The molecule has 1 nitrogen and oxygen atoms in total.